The zero-order chi connectivity index (χ0) is 17.4. The summed E-state index contributed by atoms with van der Waals surface area (Å²) in [5.41, 5.74) is 2.29. The first-order valence-electron chi connectivity index (χ1n) is 7.92. The van der Waals surface area contributed by atoms with E-state index in [0.717, 1.165) is 20.9 Å². The lowest BCUT2D eigenvalue weighted by molar-refractivity contribution is -0.116. The molecule has 1 atom stereocenters. The average molecular weight is 352 g/mol. The molecule has 4 rings (SSSR count). The maximum absolute atomic E-state index is 12.1. The minimum Gasteiger partial charge on any atom is -0.354 e. The SMILES string of the molecule is CNC(=O)c1[nH]nc2c1C(c1ccc(-c3ccccc3)s1)CC(=O)N2. The minimum atomic E-state index is -0.241. The molecule has 3 aromatic rings. The van der Waals surface area contributed by atoms with Gasteiger partial charge in [-0.2, -0.15) is 5.10 Å². The van der Waals surface area contributed by atoms with Crippen LogP contribution < -0.4 is 10.6 Å². The number of carbonyl (C=O) groups is 2. The molecule has 1 aliphatic rings. The quantitative estimate of drug-likeness (QED) is 0.677. The van der Waals surface area contributed by atoms with Gasteiger partial charge in [0.1, 0.15) is 5.69 Å². The molecule has 1 aromatic carbocycles. The summed E-state index contributed by atoms with van der Waals surface area (Å²) in [4.78, 5) is 26.4. The van der Waals surface area contributed by atoms with Crippen LogP contribution in [0.25, 0.3) is 10.4 Å². The van der Waals surface area contributed by atoms with Gasteiger partial charge >= 0.3 is 0 Å². The van der Waals surface area contributed by atoms with Gasteiger partial charge in [-0.15, -0.1) is 11.3 Å². The number of H-pyrrole nitrogens is 1. The highest BCUT2D eigenvalue weighted by molar-refractivity contribution is 7.15. The Bertz CT molecular complexity index is 945. The van der Waals surface area contributed by atoms with Crippen LogP contribution in [0.5, 0.6) is 0 Å². The van der Waals surface area contributed by atoms with Crippen molar-refractivity contribution in [2.24, 2.45) is 0 Å². The van der Waals surface area contributed by atoms with Crippen molar-refractivity contribution in [1.29, 1.82) is 0 Å². The van der Waals surface area contributed by atoms with Crippen LogP contribution in [0.15, 0.2) is 42.5 Å². The number of amides is 2. The highest BCUT2D eigenvalue weighted by atomic mass is 32.1. The Labute approximate surface area is 148 Å². The number of thiophene rings is 1. The summed E-state index contributed by atoms with van der Waals surface area (Å²) in [7, 11) is 1.57. The molecule has 1 aliphatic heterocycles. The zero-order valence-corrected chi connectivity index (χ0v) is 14.3. The first-order chi connectivity index (χ1) is 12.2. The topological polar surface area (TPSA) is 86.9 Å². The van der Waals surface area contributed by atoms with Gasteiger partial charge < -0.3 is 10.6 Å². The molecule has 3 N–H and O–H groups in total. The Balaban J connectivity index is 1.77. The number of nitrogens with zero attached hydrogens (tertiary/aromatic N) is 1. The van der Waals surface area contributed by atoms with E-state index in [1.165, 1.54) is 0 Å². The summed E-state index contributed by atoms with van der Waals surface area (Å²) >= 11 is 1.64. The van der Waals surface area contributed by atoms with Crippen LogP contribution in [0.3, 0.4) is 0 Å². The number of aromatic nitrogens is 2. The van der Waals surface area contributed by atoms with E-state index in [4.69, 9.17) is 0 Å². The van der Waals surface area contributed by atoms with E-state index in [1.807, 2.05) is 24.3 Å². The lowest BCUT2D eigenvalue weighted by atomic mass is 9.90. The molecule has 7 heteroatoms. The van der Waals surface area contributed by atoms with Crippen molar-refractivity contribution in [3.8, 4) is 10.4 Å². The van der Waals surface area contributed by atoms with Crippen LogP contribution in [-0.2, 0) is 4.79 Å². The summed E-state index contributed by atoms with van der Waals surface area (Å²) in [6.07, 6.45) is 0.297. The standard InChI is InChI=1S/C18H16N4O2S/c1-19-18(24)16-15-11(9-14(23)20-17(15)22-21-16)13-8-7-12(25-13)10-5-3-2-4-6-10/h2-8,11H,9H2,1H3,(H,19,24)(H2,20,21,22,23). The van der Waals surface area contributed by atoms with Crippen LogP contribution in [0, 0.1) is 0 Å². The Morgan fingerprint density at radius 3 is 2.80 bits per heavy atom. The molecule has 0 fully saturated rings. The van der Waals surface area contributed by atoms with Crippen LogP contribution in [0.4, 0.5) is 5.82 Å². The van der Waals surface area contributed by atoms with Crippen molar-refractivity contribution in [2.45, 2.75) is 12.3 Å². The molecule has 0 bridgehead atoms. The summed E-state index contributed by atoms with van der Waals surface area (Å²) in [5.74, 6) is -0.0800. The molecule has 6 nitrogen and oxygen atoms in total. The minimum absolute atomic E-state index is 0.0953. The number of hydrogen-bond donors (Lipinski definition) is 3. The van der Waals surface area contributed by atoms with Crippen molar-refractivity contribution in [3.63, 3.8) is 0 Å². The molecule has 126 valence electrons. The third-order valence-electron chi connectivity index (χ3n) is 4.28. The fourth-order valence-electron chi connectivity index (χ4n) is 3.09. The second-order valence-corrected chi connectivity index (χ2v) is 6.93. The largest absolute Gasteiger partial charge is 0.354 e. The highest BCUT2D eigenvalue weighted by Gasteiger charge is 2.34. The van der Waals surface area contributed by atoms with Crippen molar-refractivity contribution in [3.05, 3.63) is 58.6 Å². The number of fused-ring (bicyclic) bond motifs is 1. The average Bonchev–Trinajstić information content (AvgIpc) is 3.28. The fourth-order valence-corrected chi connectivity index (χ4v) is 4.22. The van der Waals surface area contributed by atoms with Crippen LogP contribution >= 0.6 is 11.3 Å². The van der Waals surface area contributed by atoms with E-state index in [1.54, 1.807) is 18.4 Å². The van der Waals surface area contributed by atoms with Gasteiger partial charge in [-0.3, -0.25) is 14.7 Å². The third-order valence-corrected chi connectivity index (χ3v) is 5.53. The smallest absolute Gasteiger partial charge is 0.269 e. The summed E-state index contributed by atoms with van der Waals surface area (Å²) < 4.78 is 0. The van der Waals surface area contributed by atoms with E-state index in [9.17, 15) is 9.59 Å². The molecule has 0 saturated heterocycles. The van der Waals surface area contributed by atoms with Gasteiger partial charge in [-0.1, -0.05) is 30.3 Å². The van der Waals surface area contributed by atoms with Crippen molar-refractivity contribution in [2.75, 3.05) is 12.4 Å². The van der Waals surface area contributed by atoms with Gasteiger partial charge in [-0.25, -0.2) is 0 Å². The van der Waals surface area contributed by atoms with Crippen LogP contribution in [-0.4, -0.2) is 29.1 Å². The number of nitrogens with one attached hydrogen (secondary N) is 3. The molecule has 3 heterocycles. The van der Waals surface area contributed by atoms with Gasteiger partial charge in [0.05, 0.1) is 0 Å². The molecule has 2 aromatic heterocycles. The molecule has 2 amide bonds. The molecule has 25 heavy (non-hydrogen) atoms. The summed E-state index contributed by atoms with van der Waals surface area (Å²) in [6.45, 7) is 0. The predicted molar refractivity (Wildman–Crippen MR) is 96.8 cm³/mol. The van der Waals surface area contributed by atoms with E-state index >= 15 is 0 Å². The number of anilines is 1. The van der Waals surface area contributed by atoms with Crippen molar-refractivity contribution in [1.82, 2.24) is 15.5 Å². The Hall–Kier alpha value is -2.93. The van der Waals surface area contributed by atoms with Gasteiger partial charge in [-0.05, 0) is 17.7 Å². The van der Waals surface area contributed by atoms with E-state index in [0.29, 0.717) is 17.9 Å². The molecular formula is C18H16N4O2S. The number of hydrogen-bond acceptors (Lipinski definition) is 4. The normalized spacial score (nSPS) is 16.2. The molecular weight excluding hydrogens is 336 g/mol. The van der Waals surface area contributed by atoms with Gasteiger partial charge in [0.2, 0.25) is 5.91 Å². The van der Waals surface area contributed by atoms with Gasteiger partial charge in [0.25, 0.3) is 5.91 Å². The maximum atomic E-state index is 12.1. The lowest BCUT2D eigenvalue weighted by Crippen LogP contribution is -2.26. The highest BCUT2D eigenvalue weighted by Crippen LogP contribution is 2.42. The van der Waals surface area contributed by atoms with Crippen molar-refractivity contribution >= 4 is 29.0 Å². The van der Waals surface area contributed by atoms with E-state index in [-0.39, 0.29) is 17.7 Å². The molecule has 0 aliphatic carbocycles. The second-order valence-electron chi connectivity index (χ2n) is 5.81. The monoisotopic (exact) mass is 352 g/mol. The van der Waals surface area contributed by atoms with E-state index in [2.05, 4.69) is 39.0 Å². The fraction of sp³-hybridized carbons (Fsp3) is 0.167. The molecule has 0 radical (unpaired) electrons. The Kier molecular flexibility index (Phi) is 3.85. The maximum Gasteiger partial charge on any atom is 0.269 e. The van der Waals surface area contributed by atoms with E-state index < -0.39 is 0 Å². The van der Waals surface area contributed by atoms with Crippen LogP contribution in [0.2, 0.25) is 0 Å². The molecule has 0 spiro atoms. The zero-order valence-electron chi connectivity index (χ0n) is 13.5. The number of benzene rings is 1. The second kappa shape index (κ2) is 6.18. The number of carbonyl (C=O) groups excluding carboxylic acids is 2. The lowest BCUT2D eigenvalue weighted by Gasteiger charge is -2.21. The molecule has 1 unspecified atom stereocenters. The first kappa shape index (κ1) is 15.6. The summed E-state index contributed by atoms with van der Waals surface area (Å²) in [6, 6.07) is 14.2. The molecule has 0 saturated carbocycles. The summed E-state index contributed by atoms with van der Waals surface area (Å²) in [5, 5.41) is 12.2. The number of aromatic amines is 1. The number of rotatable bonds is 3. The Morgan fingerprint density at radius 2 is 2.04 bits per heavy atom. The van der Waals surface area contributed by atoms with Crippen molar-refractivity contribution < 1.29 is 9.59 Å². The predicted octanol–water partition coefficient (Wildman–Crippen LogP) is 2.97. The third kappa shape index (κ3) is 2.72. The van der Waals surface area contributed by atoms with Gasteiger partial charge in [0.15, 0.2) is 5.82 Å². The van der Waals surface area contributed by atoms with Gasteiger partial charge in [0, 0.05) is 34.7 Å². The Morgan fingerprint density at radius 1 is 1.24 bits per heavy atom. The first-order valence-corrected chi connectivity index (χ1v) is 8.74. The van der Waals surface area contributed by atoms with Crippen LogP contribution in [0.1, 0.15) is 33.3 Å².